The van der Waals surface area contributed by atoms with Gasteiger partial charge in [0.25, 0.3) is 11.8 Å². The van der Waals surface area contributed by atoms with Crippen molar-refractivity contribution >= 4 is 23.6 Å². The van der Waals surface area contributed by atoms with E-state index >= 15 is 0 Å². The number of rotatable bonds is 14. The van der Waals surface area contributed by atoms with Gasteiger partial charge in [-0.05, 0) is 73.6 Å². The number of carbonyl (C=O) groups excluding carboxylic acids is 3. The molecule has 3 N–H and O–H groups in total. The number of nitrogens with one attached hydrogen (secondary N) is 2. The van der Waals surface area contributed by atoms with Crippen LogP contribution in [-0.4, -0.2) is 60.5 Å². The molecular formula is C39H40F3N3O6. The summed E-state index contributed by atoms with van der Waals surface area (Å²) in [5.74, 6) is -0.497. The number of nitrogens with zero attached hydrogens (tertiary/aromatic N) is 1. The molecule has 1 unspecified atom stereocenters. The molecule has 9 nitrogen and oxygen atoms in total. The van der Waals surface area contributed by atoms with Crippen molar-refractivity contribution in [1.29, 1.82) is 0 Å². The number of para-hydroxylation sites is 1. The van der Waals surface area contributed by atoms with E-state index in [1.54, 1.807) is 0 Å². The molecule has 0 aliphatic carbocycles. The zero-order valence-electron chi connectivity index (χ0n) is 28.2. The van der Waals surface area contributed by atoms with E-state index in [0.29, 0.717) is 12.2 Å². The second-order valence-electron chi connectivity index (χ2n) is 12.6. The van der Waals surface area contributed by atoms with Crippen LogP contribution in [-0.2, 0) is 33.3 Å². The molecular weight excluding hydrogens is 663 g/mol. The second kappa shape index (κ2) is 16.6. The first-order valence-corrected chi connectivity index (χ1v) is 16.6. The number of halogens is 3. The van der Waals surface area contributed by atoms with Crippen molar-refractivity contribution in [2.75, 3.05) is 18.1 Å². The molecule has 1 heterocycles. The minimum absolute atomic E-state index is 0.00812. The van der Waals surface area contributed by atoms with Crippen LogP contribution in [0.15, 0.2) is 103 Å². The number of carbonyl (C=O) groups is 3. The van der Waals surface area contributed by atoms with E-state index in [1.807, 2.05) is 92.7 Å². The van der Waals surface area contributed by atoms with Crippen molar-refractivity contribution < 1.29 is 42.1 Å². The quantitative estimate of drug-likeness (QED) is 0.150. The Morgan fingerprint density at radius 2 is 1.49 bits per heavy atom. The smallest absolute Gasteiger partial charge is 0.416 e. The van der Waals surface area contributed by atoms with Crippen LogP contribution in [0.3, 0.4) is 0 Å². The SMILES string of the molecule is Cc1cccc(C)c1OCC(=O)N[C@@H](Cc1ccccc1)C(O)C[C@H](Cc1ccccc1)NC(=O)[C@@H]1CN(c2cccc(C(F)(F)F)c2)C(=O)O1. The van der Waals surface area contributed by atoms with E-state index in [9.17, 15) is 32.7 Å². The van der Waals surface area contributed by atoms with Crippen molar-refractivity contribution in [1.82, 2.24) is 10.6 Å². The number of cyclic esters (lactones) is 1. The molecule has 0 saturated carbocycles. The van der Waals surface area contributed by atoms with Crippen LogP contribution in [0.4, 0.5) is 23.7 Å². The minimum atomic E-state index is -4.62. The second-order valence-corrected chi connectivity index (χ2v) is 12.6. The average Bonchev–Trinajstić information content (AvgIpc) is 3.50. The number of anilines is 1. The lowest BCUT2D eigenvalue weighted by molar-refractivity contribution is -0.137. The van der Waals surface area contributed by atoms with Crippen molar-refractivity contribution in [2.24, 2.45) is 0 Å². The normalized spacial score (nSPS) is 16.2. The molecule has 0 radical (unpaired) electrons. The number of ether oxygens (including phenoxy) is 2. The third-order valence-electron chi connectivity index (χ3n) is 8.65. The number of aryl methyl sites for hydroxylation is 2. The topological polar surface area (TPSA) is 117 Å². The fourth-order valence-corrected chi connectivity index (χ4v) is 6.07. The summed E-state index contributed by atoms with van der Waals surface area (Å²) in [4.78, 5) is 40.4. The Morgan fingerprint density at radius 3 is 2.12 bits per heavy atom. The predicted octanol–water partition coefficient (Wildman–Crippen LogP) is 5.93. The van der Waals surface area contributed by atoms with Gasteiger partial charge in [0.2, 0.25) is 0 Å². The van der Waals surface area contributed by atoms with Gasteiger partial charge in [-0.3, -0.25) is 14.5 Å². The number of benzene rings is 4. The monoisotopic (exact) mass is 703 g/mol. The van der Waals surface area contributed by atoms with Crippen LogP contribution in [0, 0.1) is 13.8 Å². The van der Waals surface area contributed by atoms with Gasteiger partial charge in [-0.1, -0.05) is 84.9 Å². The lowest BCUT2D eigenvalue weighted by Gasteiger charge is -2.29. The van der Waals surface area contributed by atoms with Crippen molar-refractivity contribution in [3.63, 3.8) is 0 Å². The van der Waals surface area contributed by atoms with E-state index in [0.717, 1.165) is 39.3 Å². The van der Waals surface area contributed by atoms with Gasteiger partial charge in [-0.25, -0.2) is 4.79 Å². The summed E-state index contributed by atoms with van der Waals surface area (Å²) in [5.41, 5.74) is 2.50. The van der Waals surface area contributed by atoms with Crippen LogP contribution in [0.25, 0.3) is 0 Å². The number of aliphatic hydroxyl groups excluding tert-OH is 1. The molecule has 1 aliphatic heterocycles. The number of hydrogen-bond acceptors (Lipinski definition) is 6. The van der Waals surface area contributed by atoms with Crippen LogP contribution < -0.4 is 20.3 Å². The van der Waals surface area contributed by atoms with Crippen LogP contribution >= 0.6 is 0 Å². The summed E-state index contributed by atoms with van der Waals surface area (Å²) in [5, 5.41) is 17.4. The summed E-state index contributed by atoms with van der Waals surface area (Å²) in [6.45, 7) is 3.19. The van der Waals surface area contributed by atoms with Gasteiger partial charge >= 0.3 is 12.3 Å². The molecule has 4 aromatic carbocycles. The van der Waals surface area contributed by atoms with Gasteiger partial charge in [0.1, 0.15) is 5.75 Å². The Labute approximate surface area is 294 Å². The molecule has 12 heteroatoms. The first-order valence-electron chi connectivity index (χ1n) is 16.6. The average molecular weight is 704 g/mol. The summed E-state index contributed by atoms with van der Waals surface area (Å²) in [6.07, 6.45) is -7.44. The zero-order valence-corrected chi connectivity index (χ0v) is 28.2. The summed E-state index contributed by atoms with van der Waals surface area (Å²) < 4.78 is 51.1. The fourth-order valence-electron chi connectivity index (χ4n) is 6.07. The lowest BCUT2D eigenvalue weighted by Crippen LogP contribution is -2.51. The number of hydrogen-bond donors (Lipinski definition) is 3. The Bertz CT molecular complexity index is 1780. The highest BCUT2D eigenvalue weighted by molar-refractivity contribution is 5.95. The molecule has 268 valence electrons. The van der Waals surface area contributed by atoms with E-state index < -0.39 is 53.9 Å². The maximum absolute atomic E-state index is 13.5. The molecule has 1 fully saturated rings. The third kappa shape index (κ3) is 10.1. The Morgan fingerprint density at radius 1 is 0.882 bits per heavy atom. The van der Waals surface area contributed by atoms with E-state index in [2.05, 4.69) is 10.6 Å². The molecule has 4 aromatic rings. The molecule has 0 spiro atoms. The van der Waals surface area contributed by atoms with Gasteiger partial charge in [0, 0.05) is 11.7 Å². The molecule has 1 saturated heterocycles. The summed E-state index contributed by atoms with van der Waals surface area (Å²) in [7, 11) is 0. The molecule has 51 heavy (non-hydrogen) atoms. The maximum Gasteiger partial charge on any atom is 0.416 e. The van der Waals surface area contributed by atoms with Crippen molar-refractivity contribution in [2.45, 2.75) is 63.6 Å². The standard InChI is InChI=1S/C39H40F3N3O6/c1-25-11-9-12-26(2)36(25)50-24-35(47)44-32(20-28-15-7-4-8-16-28)33(46)22-30(19-27-13-5-3-6-14-27)43-37(48)34-23-45(38(49)51-34)31-18-10-17-29(21-31)39(40,41)42/h3-18,21,30,32-34,46H,19-20,22-24H2,1-2H3,(H,43,48)(H,44,47)/t30-,32-,33?,34-/m0/s1. The fraction of sp³-hybridized carbons (Fsp3) is 0.308. The highest BCUT2D eigenvalue weighted by Crippen LogP contribution is 2.33. The predicted molar refractivity (Wildman–Crippen MR) is 185 cm³/mol. The molecule has 3 amide bonds. The molecule has 0 aromatic heterocycles. The lowest BCUT2D eigenvalue weighted by atomic mass is 9.93. The number of alkyl halides is 3. The minimum Gasteiger partial charge on any atom is -0.483 e. The summed E-state index contributed by atoms with van der Waals surface area (Å²) >= 11 is 0. The number of aliphatic hydroxyl groups is 1. The van der Waals surface area contributed by atoms with E-state index in [-0.39, 0.29) is 31.7 Å². The van der Waals surface area contributed by atoms with Crippen LogP contribution in [0.2, 0.25) is 0 Å². The summed E-state index contributed by atoms with van der Waals surface area (Å²) in [6, 6.07) is 27.0. The first kappa shape index (κ1) is 36.9. The molecule has 1 aliphatic rings. The highest BCUT2D eigenvalue weighted by atomic mass is 19.4. The van der Waals surface area contributed by atoms with E-state index in [4.69, 9.17) is 9.47 Å². The highest BCUT2D eigenvalue weighted by Gasteiger charge is 2.39. The third-order valence-corrected chi connectivity index (χ3v) is 8.65. The van der Waals surface area contributed by atoms with Gasteiger partial charge in [-0.15, -0.1) is 0 Å². The van der Waals surface area contributed by atoms with Gasteiger partial charge < -0.3 is 25.2 Å². The van der Waals surface area contributed by atoms with Gasteiger partial charge in [-0.2, -0.15) is 13.2 Å². The van der Waals surface area contributed by atoms with Gasteiger partial charge in [0.15, 0.2) is 12.7 Å². The molecule has 4 atom stereocenters. The Hall–Kier alpha value is -5.36. The van der Waals surface area contributed by atoms with Crippen LogP contribution in [0.5, 0.6) is 5.75 Å². The Balaban J connectivity index is 1.30. The first-order chi connectivity index (χ1) is 24.4. The van der Waals surface area contributed by atoms with Gasteiger partial charge in [0.05, 0.1) is 24.3 Å². The van der Waals surface area contributed by atoms with E-state index in [1.165, 1.54) is 12.1 Å². The Kier molecular flexibility index (Phi) is 12.0. The molecule has 5 rings (SSSR count). The number of amides is 3. The molecule has 0 bridgehead atoms. The van der Waals surface area contributed by atoms with Crippen molar-refractivity contribution in [3.8, 4) is 5.75 Å². The maximum atomic E-state index is 13.5. The van der Waals surface area contributed by atoms with Crippen LogP contribution in [0.1, 0.15) is 34.2 Å². The largest absolute Gasteiger partial charge is 0.483 e. The van der Waals surface area contributed by atoms with Crippen molar-refractivity contribution in [3.05, 3.63) is 131 Å². The zero-order chi connectivity index (χ0) is 36.5.